The zero-order valence-electron chi connectivity index (χ0n) is 11.1. The molecule has 7 nitrogen and oxygen atoms in total. The van der Waals surface area contributed by atoms with Crippen LogP contribution in [0.5, 0.6) is 11.6 Å². The molecule has 1 heterocycles. The molecule has 0 amide bonds. The molecule has 0 unspecified atom stereocenters. The number of nitrogens with one attached hydrogen (secondary N) is 1. The number of halogens is 2. The minimum Gasteiger partial charge on any atom is -0.436 e. The van der Waals surface area contributed by atoms with Crippen molar-refractivity contribution in [2.24, 2.45) is 0 Å². The van der Waals surface area contributed by atoms with E-state index in [-0.39, 0.29) is 5.88 Å². The van der Waals surface area contributed by atoms with E-state index in [2.05, 4.69) is 15.3 Å². The van der Waals surface area contributed by atoms with Gasteiger partial charge in [-0.15, -0.1) is 0 Å². The summed E-state index contributed by atoms with van der Waals surface area (Å²) in [7, 11) is 1.62. The predicted molar refractivity (Wildman–Crippen MR) is 69.4 cm³/mol. The molecule has 2 aromatic rings. The van der Waals surface area contributed by atoms with Crippen LogP contribution in [0, 0.1) is 28.7 Å². The molecule has 2 rings (SSSR count). The van der Waals surface area contributed by atoms with Gasteiger partial charge in [-0.25, -0.2) is 9.37 Å². The molecule has 0 saturated heterocycles. The molecule has 0 fully saturated rings. The number of rotatable bonds is 4. The van der Waals surface area contributed by atoms with E-state index in [0.717, 1.165) is 0 Å². The number of ether oxygens (including phenoxy) is 1. The fraction of sp³-hybridized carbons (Fsp3) is 0.167. The molecule has 0 aliphatic carbocycles. The topological polar surface area (TPSA) is 90.2 Å². The van der Waals surface area contributed by atoms with Gasteiger partial charge in [0.05, 0.1) is 11.0 Å². The van der Waals surface area contributed by atoms with E-state index in [1.165, 1.54) is 6.07 Å². The predicted octanol–water partition coefficient (Wildman–Crippen LogP) is 2.81. The number of hydrogen-bond acceptors (Lipinski definition) is 6. The van der Waals surface area contributed by atoms with E-state index in [9.17, 15) is 18.9 Å². The van der Waals surface area contributed by atoms with Crippen molar-refractivity contribution in [2.45, 2.75) is 6.92 Å². The van der Waals surface area contributed by atoms with Crippen LogP contribution in [0.15, 0.2) is 18.2 Å². The second kappa shape index (κ2) is 5.65. The summed E-state index contributed by atoms with van der Waals surface area (Å²) in [4.78, 5) is 17.4. The molecule has 0 aliphatic rings. The maximum Gasteiger partial charge on any atom is 0.307 e. The first kappa shape index (κ1) is 14.6. The van der Waals surface area contributed by atoms with Gasteiger partial charge < -0.3 is 10.1 Å². The van der Waals surface area contributed by atoms with Crippen molar-refractivity contribution in [3.63, 3.8) is 0 Å². The van der Waals surface area contributed by atoms with Crippen LogP contribution in [0.4, 0.5) is 20.3 Å². The van der Waals surface area contributed by atoms with Crippen LogP contribution in [0.2, 0.25) is 0 Å². The number of nitrogens with zero attached hydrogens (tertiary/aromatic N) is 3. The Morgan fingerprint density at radius 3 is 2.57 bits per heavy atom. The smallest absolute Gasteiger partial charge is 0.307 e. The summed E-state index contributed by atoms with van der Waals surface area (Å²) >= 11 is 0. The summed E-state index contributed by atoms with van der Waals surface area (Å²) in [6, 6.07) is 2.44. The van der Waals surface area contributed by atoms with Gasteiger partial charge in [-0.2, -0.15) is 9.37 Å². The maximum absolute atomic E-state index is 13.7. The fourth-order valence-corrected chi connectivity index (χ4v) is 1.57. The Labute approximate surface area is 117 Å². The first-order valence-electron chi connectivity index (χ1n) is 5.75. The minimum atomic E-state index is -1.20. The SMILES string of the molecule is CNc1cc(Oc2cc(F)c([N+](=O)[O-])cc2F)nc(C)n1. The third kappa shape index (κ3) is 3.19. The number of aromatic nitrogens is 2. The van der Waals surface area contributed by atoms with E-state index in [0.29, 0.717) is 23.8 Å². The fourth-order valence-electron chi connectivity index (χ4n) is 1.57. The standard InChI is InChI=1S/C12H10F2N4O3/c1-6-16-11(15-2)5-12(17-6)21-10-4-7(13)9(18(19)20)3-8(10)14/h3-5H,1-2H3,(H,15,16,17). The van der Waals surface area contributed by atoms with Crippen LogP contribution in [-0.4, -0.2) is 21.9 Å². The summed E-state index contributed by atoms with van der Waals surface area (Å²) in [6.07, 6.45) is 0. The van der Waals surface area contributed by atoms with E-state index >= 15 is 0 Å². The Balaban J connectivity index is 2.38. The van der Waals surface area contributed by atoms with E-state index in [1.54, 1.807) is 14.0 Å². The summed E-state index contributed by atoms with van der Waals surface area (Å²) < 4.78 is 32.3. The highest BCUT2D eigenvalue weighted by Gasteiger charge is 2.20. The molecular formula is C12H10F2N4O3. The molecule has 0 spiro atoms. The normalized spacial score (nSPS) is 10.3. The van der Waals surface area contributed by atoms with E-state index in [4.69, 9.17) is 4.74 Å². The molecule has 21 heavy (non-hydrogen) atoms. The monoisotopic (exact) mass is 296 g/mol. The van der Waals surface area contributed by atoms with Crippen LogP contribution < -0.4 is 10.1 Å². The molecule has 0 radical (unpaired) electrons. The Kier molecular flexibility index (Phi) is 3.92. The average Bonchev–Trinajstić information content (AvgIpc) is 2.41. The third-order valence-corrected chi connectivity index (χ3v) is 2.48. The van der Waals surface area contributed by atoms with Gasteiger partial charge in [-0.3, -0.25) is 10.1 Å². The second-order valence-electron chi connectivity index (χ2n) is 3.98. The van der Waals surface area contributed by atoms with Crippen LogP contribution in [-0.2, 0) is 0 Å². The van der Waals surface area contributed by atoms with Crippen molar-refractivity contribution in [1.29, 1.82) is 0 Å². The molecule has 110 valence electrons. The van der Waals surface area contributed by atoms with Crippen LogP contribution in [0.25, 0.3) is 0 Å². The van der Waals surface area contributed by atoms with Gasteiger partial charge >= 0.3 is 5.69 Å². The highest BCUT2D eigenvalue weighted by atomic mass is 19.1. The molecule has 1 aromatic heterocycles. The molecular weight excluding hydrogens is 286 g/mol. The Hall–Kier alpha value is -2.84. The lowest BCUT2D eigenvalue weighted by Crippen LogP contribution is -2.00. The molecule has 0 aliphatic heterocycles. The van der Waals surface area contributed by atoms with Gasteiger partial charge in [-0.05, 0) is 6.92 Å². The van der Waals surface area contributed by atoms with Crippen molar-refractivity contribution >= 4 is 11.5 Å². The van der Waals surface area contributed by atoms with Crippen LogP contribution >= 0.6 is 0 Å². The van der Waals surface area contributed by atoms with Gasteiger partial charge in [0.15, 0.2) is 11.6 Å². The Morgan fingerprint density at radius 2 is 1.95 bits per heavy atom. The summed E-state index contributed by atoms with van der Waals surface area (Å²) in [6.45, 7) is 1.60. The molecule has 9 heteroatoms. The Morgan fingerprint density at radius 1 is 1.24 bits per heavy atom. The number of nitro benzene ring substituents is 1. The van der Waals surface area contributed by atoms with Crippen LogP contribution in [0.1, 0.15) is 5.82 Å². The second-order valence-corrected chi connectivity index (χ2v) is 3.98. The van der Waals surface area contributed by atoms with E-state index in [1.807, 2.05) is 0 Å². The van der Waals surface area contributed by atoms with E-state index < -0.39 is 28.0 Å². The highest BCUT2D eigenvalue weighted by Crippen LogP contribution is 2.29. The lowest BCUT2D eigenvalue weighted by molar-refractivity contribution is -0.387. The third-order valence-electron chi connectivity index (χ3n) is 2.48. The molecule has 1 aromatic carbocycles. The number of anilines is 1. The number of aryl methyl sites for hydroxylation is 1. The Bertz CT molecular complexity index is 709. The van der Waals surface area contributed by atoms with Gasteiger partial charge in [0, 0.05) is 19.2 Å². The number of nitro groups is 1. The average molecular weight is 296 g/mol. The van der Waals surface area contributed by atoms with Crippen molar-refractivity contribution in [1.82, 2.24) is 9.97 Å². The molecule has 0 atom stereocenters. The first-order chi connectivity index (χ1) is 9.90. The maximum atomic E-state index is 13.7. The minimum absolute atomic E-state index is 0.0148. The molecule has 1 N–H and O–H groups in total. The summed E-state index contributed by atoms with van der Waals surface area (Å²) in [5.74, 6) is -1.99. The van der Waals surface area contributed by atoms with Crippen molar-refractivity contribution in [2.75, 3.05) is 12.4 Å². The quantitative estimate of drug-likeness (QED) is 0.689. The van der Waals surface area contributed by atoms with Crippen molar-refractivity contribution < 1.29 is 18.4 Å². The first-order valence-corrected chi connectivity index (χ1v) is 5.75. The molecule has 0 saturated carbocycles. The van der Waals surface area contributed by atoms with Crippen LogP contribution in [0.3, 0.4) is 0 Å². The zero-order chi connectivity index (χ0) is 15.6. The number of hydrogen-bond donors (Lipinski definition) is 1. The lowest BCUT2D eigenvalue weighted by atomic mass is 10.3. The number of benzene rings is 1. The van der Waals surface area contributed by atoms with Crippen molar-refractivity contribution in [3.05, 3.63) is 45.8 Å². The lowest BCUT2D eigenvalue weighted by Gasteiger charge is -2.08. The zero-order valence-corrected chi connectivity index (χ0v) is 11.1. The summed E-state index contributed by atoms with van der Waals surface area (Å²) in [5.41, 5.74) is -0.963. The highest BCUT2D eigenvalue weighted by molar-refractivity contribution is 5.43. The summed E-state index contributed by atoms with van der Waals surface area (Å²) in [5, 5.41) is 13.3. The van der Waals surface area contributed by atoms with Crippen molar-refractivity contribution in [3.8, 4) is 11.6 Å². The van der Waals surface area contributed by atoms with Gasteiger partial charge in [-0.1, -0.05) is 0 Å². The molecule has 0 bridgehead atoms. The largest absolute Gasteiger partial charge is 0.436 e. The van der Waals surface area contributed by atoms with Gasteiger partial charge in [0.1, 0.15) is 11.6 Å². The van der Waals surface area contributed by atoms with Gasteiger partial charge in [0.25, 0.3) is 0 Å². The van der Waals surface area contributed by atoms with Gasteiger partial charge in [0.2, 0.25) is 11.7 Å².